The molecule has 1 aromatic heterocycles. The number of hydrogen-bond acceptors (Lipinski definition) is 3. The third kappa shape index (κ3) is 1.32. The van der Waals surface area contributed by atoms with Crippen molar-refractivity contribution >= 4 is 5.97 Å². The molecule has 1 aromatic rings. The van der Waals surface area contributed by atoms with Crippen LogP contribution in [0.2, 0.25) is 0 Å². The lowest BCUT2D eigenvalue weighted by atomic mass is 10.1. The summed E-state index contributed by atoms with van der Waals surface area (Å²) in [6.07, 6.45) is 4.96. The van der Waals surface area contributed by atoms with Gasteiger partial charge in [-0.1, -0.05) is 0 Å². The number of rotatable bonds is 1. The monoisotopic (exact) mass is 180 g/mol. The van der Waals surface area contributed by atoms with Gasteiger partial charge in [0, 0.05) is 6.54 Å². The normalized spacial score (nSPS) is 15.2. The van der Waals surface area contributed by atoms with Crippen LogP contribution in [0.15, 0.2) is 6.33 Å². The summed E-state index contributed by atoms with van der Waals surface area (Å²) >= 11 is 0. The first-order valence-corrected chi connectivity index (χ1v) is 4.45. The molecule has 4 nitrogen and oxygen atoms in total. The van der Waals surface area contributed by atoms with Crippen LogP contribution in [0.5, 0.6) is 0 Å². The molecule has 0 amide bonds. The second-order valence-electron chi connectivity index (χ2n) is 3.18. The van der Waals surface area contributed by atoms with Crippen LogP contribution in [0, 0.1) is 0 Å². The molecule has 0 N–H and O–H groups in total. The summed E-state index contributed by atoms with van der Waals surface area (Å²) in [5, 5.41) is 0. The van der Waals surface area contributed by atoms with Gasteiger partial charge in [0.25, 0.3) is 0 Å². The number of carbonyl (C=O) groups excluding carboxylic acids is 1. The highest BCUT2D eigenvalue weighted by Gasteiger charge is 2.20. The predicted octanol–water partition coefficient (Wildman–Crippen LogP) is 1.01. The molecule has 2 rings (SSSR count). The van der Waals surface area contributed by atoms with Gasteiger partial charge in [0.1, 0.15) is 0 Å². The largest absolute Gasteiger partial charge is 0.464 e. The van der Waals surface area contributed by atoms with Crippen molar-refractivity contribution in [3.63, 3.8) is 0 Å². The quantitative estimate of drug-likeness (QED) is 0.606. The fraction of sp³-hybridized carbons (Fsp3) is 0.556. The number of fused-ring (bicyclic) bond motifs is 1. The van der Waals surface area contributed by atoms with E-state index in [0.29, 0.717) is 5.69 Å². The molecule has 0 saturated heterocycles. The Hall–Kier alpha value is -1.32. The number of imidazole rings is 1. The molecule has 70 valence electrons. The van der Waals surface area contributed by atoms with Crippen LogP contribution >= 0.6 is 0 Å². The van der Waals surface area contributed by atoms with Crippen LogP contribution in [0.1, 0.15) is 29.0 Å². The Morgan fingerprint density at radius 3 is 3.23 bits per heavy atom. The van der Waals surface area contributed by atoms with Gasteiger partial charge in [0.2, 0.25) is 0 Å². The second kappa shape index (κ2) is 3.20. The Morgan fingerprint density at radius 1 is 1.62 bits per heavy atom. The van der Waals surface area contributed by atoms with Gasteiger partial charge in [0.15, 0.2) is 5.69 Å². The van der Waals surface area contributed by atoms with Gasteiger partial charge in [-0.25, -0.2) is 9.78 Å². The molecule has 0 bridgehead atoms. The molecule has 4 heteroatoms. The molecule has 0 radical (unpaired) electrons. The molecule has 0 unspecified atom stereocenters. The summed E-state index contributed by atoms with van der Waals surface area (Å²) in [5.41, 5.74) is 1.51. The molecule has 0 aromatic carbocycles. The van der Waals surface area contributed by atoms with Crippen LogP contribution < -0.4 is 0 Å². The van der Waals surface area contributed by atoms with Crippen LogP contribution in [-0.4, -0.2) is 22.6 Å². The van der Waals surface area contributed by atoms with Crippen LogP contribution in [0.25, 0.3) is 0 Å². The zero-order valence-electron chi connectivity index (χ0n) is 7.62. The Labute approximate surface area is 76.5 Å². The first-order chi connectivity index (χ1) is 6.33. The first kappa shape index (κ1) is 8.29. The molecule has 0 aliphatic carbocycles. The molecule has 0 saturated carbocycles. The van der Waals surface area contributed by atoms with Crippen molar-refractivity contribution in [2.24, 2.45) is 0 Å². The van der Waals surface area contributed by atoms with Crippen molar-refractivity contribution < 1.29 is 9.53 Å². The van der Waals surface area contributed by atoms with E-state index < -0.39 is 0 Å². The van der Waals surface area contributed by atoms with Gasteiger partial charge in [-0.3, -0.25) is 0 Å². The first-order valence-electron chi connectivity index (χ1n) is 4.45. The van der Waals surface area contributed by atoms with Gasteiger partial charge >= 0.3 is 5.97 Å². The molecule has 0 spiro atoms. The topological polar surface area (TPSA) is 44.1 Å². The lowest BCUT2D eigenvalue weighted by molar-refractivity contribution is 0.0593. The molecule has 0 fully saturated rings. The minimum Gasteiger partial charge on any atom is -0.464 e. The Balaban J connectivity index is 2.36. The fourth-order valence-corrected chi connectivity index (χ4v) is 1.70. The van der Waals surface area contributed by atoms with Crippen LogP contribution in [0.3, 0.4) is 0 Å². The van der Waals surface area contributed by atoms with Gasteiger partial charge in [-0.2, -0.15) is 0 Å². The van der Waals surface area contributed by atoms with Crippen LogP contribution in [-0.2, 0) is 17.7 Å². The summed E-state index contributed by atoms with van der Waals surface area (Å²) in [4.78, 5) is 15.3. The molecule has 13 heavy (non-hydrogen) atoms. The zero-order chi connectivity index (χ0) is 9.26. The fourth-order valence-electron chi connectivity index (χ4n) is 1.70. The maximum atomic E-state index is 11.2. The maximum absolute atomic E-state index is 11.2. The van der Waals surface area contributed by atoms with E-state index in [4.69, 9.17) is 0 Å². The number of carbonyl (C=O) groups is 1. The summed E-state index contributed by atoms with van der Waals surface area (Å²) in [6.45, 7) is 0.972. The number of aryl methyl sites for hydroxylation is 1. The van der Waals surface area contributed by atoms with E-state index in [1.54, 1.807) is 6.33 Å². The van der Waals surface area contributed by atoms with E-state index >= 15 is 0 Å². The number of hydrogen-bond donors (Lipinski definition) is 0. The minimum atomic E-state index is -0.323. The minimum absolute atomic E-state index is 0.323. The average molecular weight is 180 g/mol. The van der Waals surface area contributed by atoms with Crippen molar-refractivity contribution in [3.05, 3.63) is 17.7 Å². The van der Waals surface area contributed by atoms with E-state index in [9.17, 15) is 4.79 Å². The van der Waals surface area contributed by atoms with E-state index in [0.717, 1.165) is 25.1 Å². The van der Waals surface area contributed by atoms with Crippen molar-refractivity contribution in [1.29, 1.82) is 0 Å². The van der Waals surface area contributed by atoms with Crippen molar-refractivity contribution in [2.75, 3.05) is 7.11 Å². The third-order valence-electron chi connectivity index (χ3n) is 2.39. The van der Waals surface area contributed by atoms with E-state index in [1.165, 1.54) is 13.5 Å². The predicted molar refractivity (Wildman–Crippen MR) is 46.5 cm³/mol. The number of aromatic nitrogens is 2. The Kier molecular flexibility index (Phi) is 2.04. The molecular weight excluding hydrogens is 168 g/mol. The number of ether oxygens (including phenoxy) is 1. The molecule has 1 aliphatic heterocycles. The van der Waals surface area contributed by atoms with Crippen molar-refractivity contribution in [3.8, 4) is 0 Å². The van der Waals surface area contributed by atoms with E-state index in [-0.39, 0.29) is 5.97 Å². The summed E-state index contributed by atoms with van der Waals surface area (Å²) < 4.78 is 6.68. The Bertz CT molecular complexity index is 330. The summed E-state index contributed by atoms with van der Waals surface area (Å²) in [7, 11) is 1.39. The SMILES string of the molecule is COC(=O)c1ncn2c1CCCC2. The summed E-state index contributed by atoms with van der Waals surface area (Å²) in [6, 6.07) is 0. The van der Waals surface area contributed by atoms with Gasteiger partial charge in [-0.15, -0.1) is 0 Å². The highest BCUT2D eigenvalue weighted by molar-refractivity contribution is 5.88. The molecule has 2 heterocycles. The maximum Gasteiger partial charge on any atom is 0.358 e. The van der Waals surface area contributed by atoms with E-state index in [1.807, 2.05) is 4.57 Å². The second-order valence-corrected chi connectivity index (χ2v) is 3.18. The molecular formula is C9H12N2O2. The lowest BCUT2D eigenvalue weighted by Crippen LogP contribution is -2.13. The number of nitrogens with zero attached hydrogens (tertiary/aromatic N) is 2. The van der Waals surface area contributed by atoms with Gasteiger partial charge in [0.05, 0.1) is 19.1 Å². The molecule has 0 atom stereocenters. The molecule has 1 aliphatic rings. The summed E-state index contributed by atoms with van der Waals surface area (Å²) in [5.74, 6) is -0.323. The van der Waals surface area contributed by atoms with Crippen LogP contribution in [0.4, 0.5) is 0 Å². The van der Waals surface area contributed by atoms with Crippen molar-refractivity contribution in [1.82, 2.24) is 9.55 Å². The Morgan fingerprint density at radius 2 is 2.46 bits per heavy atom. The van der Waals surface area contributed by atoms with Gasteiger partial charge in [-0.05, 0) is 19.3 Å². The van der Waals surface area contributed by atoms with E-state index in [2.05, 4.69) is 9.72 Å². The van der Waals surface area contributed by atoms with Crippen molar-refractivity contribution in [2.45, 2.75) is 25.8 Å². The highest BCUT2D eigenvalue weighted by atomic mass is 16.5. The standard InChI is InChI=1S/C9H12N2O2/c1-13-9(12)8-7-4-2-3-5-11(7)6-10-8/h6H,2-5H2,1H3. The highest BCUT2D eigenvalue weighted by Crippen LogP contribution is 2.17. The smallest absolute Gasteiger partial charge is 0.358 e. The third-order valence-corrected chi connectivity index (χ3v) is 2.39. The number of esters is 1. The number of methoxy groups -OCH3 is 1. The zero-order valence-corrected chi connectivity index (χ0v) is 7.62. The van der Waals surface area contributed by atoms with Gasteiger partial charge < -0.3 is 9.30 Å². The average Bonchev–Trinajstić information content (AvgIpc) is 2.60. The lowest BCUT2D eigenvalue weighted by Gasteiger charge is -2.14.